The van der Waals surface area contributed by atoms with Crippen LogP contribution in [-0.2, 0) is 4.79 Å². The first-order valence-electron chi connectivity index (χ1n) is 7.93. The van der Waals surface area contributed by atoms with Crippen molar-refractivity contribution in [3.8, 4) is 0 Å². The number of hydrogen-bond donors (Lipinski definition) is 1. The number of hydrogen-bond acceptors (Lipinski definition) is 2. The van der Waals surface area contributed by atoms with E-state index in [9.17, 15) is 9.18 Å². The molecule has 0 spiro atoms. The smallest absolute Gasteiger partial charge is 0.241 e. The Labute approximate surface area is 124 Å². The molecule has 3 nitrogen and oxygen atoms in total. The van der Waals surface area contributed by atoms with E-state index in [1.54, 1.807) is 0 Å². The van der Waals surface area contributed by atoms with E-state index < -0.39 is 6.17 Å². The van der Waals surface area contributed by atoms with Gasteiger partial charge < -0.3 is 5.32 Å². The fraction of sp³-hybridized carbons (Fsp3) is 0.812. The lowest BCUT2D eigenvalue weighted by Crippen LogP contribution is -2.40. The molecule has 2 aliphatic heterocycles. The van der Waals surface area contributed by atoms with E-state index >= 15 is 0 Å². The van der Waals surface area contributed by atoms with Gasteiger partial charge in [0.25, 0.3) is 0 Å². The van der Waals surface area contributed by atoms with Crippen molar-refractivity contribution < 1.29 is 9.18 Å². The van der Waals surface area contributed by atoms with Crippen molar-refractivity contribution in [1.82, 2.24) is 10.2 Å². The van der Waals surface area contributed by atoms with Crippen LogP contribution in [0.15, 0.2) is 11.3 Å². The number of rotatable bonds is 0. The van der Waals surface area contributed by atoms with E-state index in [4.69, 9.17) is 0 Å². The minimum atomic E-state index is -0.850. The zero-order valence-corrected chi connectivity index (χ0v) is 14.5. The number of carbonyl (C=O) groups excluding carboxylic acids is 1. The van der Waals surface area contributed by atoms with Gasteiger partial charge in [0, 0.05) is 25.2 Å². The molecule has 2 rings (SSSR count). The van der Waals surface area contributed by atoms with Gasteiger partial charge >= 0.3 is 0 Å². The van der Waals surface area contributed by atoms with Crippen LogP contribution in [0, 0.1) is 0 Å². The number of nitrogens with zero attached hydrogens (tertiary/aromatic N) is 1. The Morgan fingerprint density at radius 3 is 2.10 bits per heavy atom. The fourth-order valence-electron chi connectivity index (χ4n) is 2.09. The molecule has 2 atom stereocenters. The van der Waals surface area contributed by atoms with Crippen molar-refractivity contribution in [3.63, 3.8) is 0 Å². The van der Waals surface area contributed by atoms with Crippen LogP contribution < -0.4 is 5.32 Å². The Hall–Kier alpha value is -0.900. The Morgan fingerprint density at radius 1 is 1.10 bits per heavy atom. The van der Waals surface area contributed by atoms with Crippen LogP contribution >= 0.6 is 0 Å². The second-order valence-electron chi connectivity index (χ2n) is 4.17. The summed E-state index contributed by atoms with van der Waals surface area (Å²) in [7, 11) is 0. The van der Waals surface area contributed by atoms with Gasteiger partial charge in [0.15, 0.2) is 0 Å². The van der Waals surface area contributed by atoms with Crippen molar-refractivity contribution >= 4 is 5.91 Å². The third-order valence-corrected chi connectivity index (χ3v) is 3.05. The lowest BCUT2D eigenvalue weighted by Gasteiger charge is -2.19. The quantitative estimate of drug-likeness (QED) is 0.733. The molecule has 120 valence electrons. The first kappa shape index (κ1) is 21.4. The number of halogens is 1. The molecule has 2 aliphatic rings. The van der Waals surface area contributed by atoms with Crippen LogP contribution in [0.5, 0.6) is 0 Å². The third-order valence-electron chi connectivity index (χ3n) is 3.05. The van der Waals surface area contributed by atoms with E-state index in [1.165, 1.54) is 0 Å². The molecule has 0 radical (unpaired) electrons. The summed E-state index contributed by atoms with van der Waals surface area (Å²) in [6.45, 7) is 17.0. The number of carbonyl (C=O) groups is 1. The molecule has 0 aliphatic carbocycles. The molecule has 0 bridgehead atoms. The van der Waals surface area contributed by atoms with Crippen molar-refractivity contribution in [1.29, 1.82) is 0 Å². The molecule has 1 fully saturated rings. The van der Waals surface area contributed by atoms with Crippen molar-refractivity contribution in [2.45, 2.75) is 74.0 Å². The van der Waals surface area contributed by atoms with Gasteiger partial charge in [-0.2, -0.15) is 0 Å². The molecule has 1 amide bonds. The summed E-state index contributed by atoms with van der Waals surface area (Å²) < 4.78 is 13.1. The maximum Gasteiger partial charge on any atom is 0.241 e. The minimum Gasteiger partial charge on any atom is -0.329 e. The molecule has 20 heavy (non-hydrogen) atoms. The molecule has 1 unspecified atom stereocenters. The number of fused-ring (bicyclic) bond motifs is 1. The van der Waals surface area contributed by atoms with Gasteiger partial charge in [0.1, 0.15) is 6.17 Å². The Balaban J connectivity index is 0. The van der Waals surface area contributed by atoms with Crippen molar-refractivity contribution in [3.05, 3.63) is 11.3 Å². The van der Waals surface area contributed by atoms with Gasteiger partial charge in [0.2, 0.25) is 5.91 Å². The highest BCUT2D eigenvalue weighted by molar-refractivity contribution is 5.84. The maximum absolute atomic E-state index is 13.1. The number of nitrogens with one attached hydrogen (secondary N) is 1. The Morgan fingerprint density at radius 2 is 1.60 bits per heavy atom. The summed E-state index contributed by atoms with van der Waals surface area (Å²) in [5.74, 6) is -0.0560. The average Bonchev–Trinajstić information content (AvgIpc) is 2.81. The van der Waals surface area contributed by atoms with Gasteiger partial charge in [-0.05, 0) is 19.4 Å². The Bertz CT molecular complexity index is 303. The molecular weight excluding hydrogens is 255 g/mol. The van der Waals surface area contributed by atoms with Gasteiger partial charge in [-0.25, -0.2) is 4.39 Å². The topological polar surface area (TPSA) is 32.3 Å². The van der Waals surface area contributed by atoms with Gasteiger partial charge in [-0.3, -0.25) is 9.69 Å². The molecule has 4 heteroatoms. The van der Waals surface area contributed by atoms with Gasteiger partial charge in [-0.15, -0.1) is 0 Å². The SMILES string of the molecule is CC.CC.CC.CC1=C(C)NC(=O)C2C[C@H](F)CN2C1. The van der Waals surface area contributed by atoms with Crippen molar-refractivity contribution in [2.75, 3.05) is 13.1 Å². The molecular formula is C16H33FN2O. The zero-order chi connectivity index (χ0) is 16.3. The summed E-state index contributed by atoms with van der Waals surface area (Å²) >= 11 is 0. The van der Waals surface area contributed by atoms with Crippen LogP contribution in [0.4, 0.5) is 4.39 Å². The number of allylic oxidation sites excluding steroid dienone is 1. The molecule has 2 heterocycles. The van der Waals surface area contributed by atoms with E-state index in [1.807, 2.05) is 60.3 Å². The second-order valence-corrected chi connectivity index (χ2v) is 4.17. The normalized spacial score (nSPS) is 24.8. The monoisotopic (exact) mass is 288 g/mol. The Kier molecular flexibility index (Phi) is 12.7. The second kappa shape index (κ2) is 11.9. The fourth-order valence-corrected chi connectivity index (χ4v) is 2.09. The summed E-state index contributed by atoms with van der Waals surface area (Å²) in [5.41, 5.74) is 2.04. The predicted molar refractivity (Wildman–Crippen MR) is 85.4 cm³/mol. The highest BCUT2D eigenvalue weighted by Crippen LogP contribution is 2.24. The molecule has 0 aromatic heterocycles. The third kappa shape index (κ3) is 6.04. The lowest BCUT2D eigenvalue weighted by atomic mass is 10.2. The molecule has 1 N–H and O–H groups in total. The van der Waals surface area contributed by atoms with Crippen LogP contribution in [0.3, 0.4) is 0 Å². The van der Waals surface area contributed by atoms with Crippen LogP contribution in [-0.4, -0.2) is 36.1 Å². The molecule has 0 aromatic carbocycles. The molecule has 0 aromatic rings. The van der Waals surface area contributed by atoms with E-state index in [0.717, 1.165) is 11.3 Å². The summed E-state index contributed by atoms with van der Waals surface area (Å²) in [4.78, 5) is 13.6. The highest BCUT2D eigenvalue weighted by Gasteiger charge is 2.38. The maximum atomic E-state index is 13.1. The van der Waals surface area contributed by atoms with E-state index in [-0.39, 0.29) is 11.9 Å². The number of amides is 1. The largest absolute Gasteiger partial charge is 0.329 e. The van der Waals surface area contributed by atoms with Gasteiger partial charge in [0.05, 0.1) is 6.04 Å². The minimum absolute atomic E-state index is 0.0560. The zero-order valence-electron chi connectivity index (χ0n) is 14.5. The average molecular weight is 288 g/mol. The van der Waals surface area contributed by atoms with Crippen LogP contribution in [0.1, 0.15) is 61.8 Å². The van der Waals surface area contributed by atoms with Crippen LogP contribution in [0.25, 0.3) is 0 Å². The van der Waals surface area contributed by atoms with Gasteiger partial charge in [-0.1, -0.05) is 41.5 Å². The van der Waals surface area contributed by atoms with Crippen LogP contribution in [0.2, 0.25) is 0 Å². The summed E-state index contributed by atoms with van der Waals surface area (Å²) in [6, 6.07) is -0.266. The highest BCUT2D eigenvalue weighted by atomic mass is 19.1. The summed E-state index contributed by atoms with van der Waals surface area (Å²) in [6.07, 6.45) is -0.510. The predicted octanol–water partition coefficient (Wildman–Crippen LogP) is 3.90. The van der Waals surface area contributed by atoms with E-state index in [0.29, 0.717) is 19.5 Å². The van der Waals surface area contributed by atoms with Crippen molar-refractivity contribution in [2.24, 2.45) is 0 Å². The number of alkyl halides is 1. The standard InChI is InChI=1S/C10H15FN2O.3C2H6/c1-6-4-13-5-8(11)3-9(13)10(14)12-7(6)2;3*1-2/h8-9H,3-5H2,1-2H3,(H,12,14);3*1-2H3/t8-,9?;;;/m0.../s1. The summed E-state index contributed by atoms with van der Waals surface area (Å²) in [5, 5.41) is 2.82. The molecule has 0 saturated carbocycles. The first-order chi connectivity index (χ1) is 9.58. The molecule has 1 saturated heterocycles. The van der Waals surface area contributed by atoms with E-state index in [2.05, 4.69) is 5.32 Å². The first-order valence-corrected chi connectivity index (χ1v) is 7.93. The lowest BCUT2D eigenvalue weighted by molar-refractivity contribution is -0.124.